The van der Waals surface area contributed by atoms with Gasteiger partial charge in [-0.15, -0.1) is 0 Å². The average Bonchev–Trinajstić information content (AvgIpc) is 3.10. The second kappa shape index (κ2) is 6.04. The fourth-order valence-electron chi connectivity index (χ4n) is 2.56. The lowest BCUT2D eigenvalue weighted by Crippen LogP contribution is -2.06. The normalized spacial score (nSPS) is 10.6. The number of fused-ring (bicyclic) bond motifs is 2. The molecule has 1 N–H and O–H groups in total. The molecule has 0 aliphatic rings. The van der Waals surface area contributed by atoms with E-state index in [9.17, 15) is 4.79 Å². The van der Waals surface area contributed by atoms with Gasteiger partial charge in [-0.05, 0) is 26.0 Å². The van der Waals surface area contributed by atoms with Crippen LogP contribution in [0.1, 0.15) is 23.1 Å². The SMILES string of the molecule is CC(=O)n1nc(C)c2ccccc21.Cc1n[nH]c2ccccc12. The molecule has 0 radical (unpaired) electrons. The van der Waals surface area contributed by atoms with Gasteiger partial charge in [-0.2, -0.15) is 10.2 Å². The van der Waals surface area contributed by atoms with Crippen LogP contribution in [0.3, 0.4) is 0 Å². The molecule has 2 aromatic carbocycles. The Balaban J connectivity index is 0.000000140. The van der Waals surface area contributed by atoms with E-state index in [2.05, 4.69) is 21.4 Å². The zero-order valence-electron chi connectivity index (χ0n) is 13.4. The predicted molar refractivity (Wildman–Crippen MR) is 91.6 cm³/mol. The molecule has 0 atom stereocenters. The highest BCUT2D eigenvalue weighted by Crippen LogP contribution is 2.16. The van der Waals surface area contributed by atoms with E-state index >= 15 is 0 Å². The van der Waals surface area contributed by atoms with Gasteiger partial charge < -0.3 is 0 Å². The lowest BCUT2D eigenvalue weighted by molar-refractivity contribution is 0.0926. The Bertz CT molecular complexity index is 981. The van der Waals surface area contributed by atoms with Crippen molar-refractivity contribution in [1.29, 1.82) is 0 Å². The van der Waals surface area contributed by atoms with Gasteiger partial charge in [0.1, 0.15) is 0 Å². The minimum Gasteiger partial charge on any atom is -0.278 e. The Morgan fingerprint density at radius 2 is 1.61 bits per heavy atom. The first-order valence-corrected chi connectivity index (χ1v) is 7.43. The van der Waals surface area contributed by atoms with Crippen LogP contribution in [-0.2, 0) is 0 Å². The molecule has 0 saturated carbocycles. The molecule has 4 rings (SSSR count). The van der Waals surface area contributed by atoms with Gasteiger partial charge in [-0.25, -0.2) is 4.68 Å². The molecule has 2 aromatic heterocycles. The van der Waals surface area contributed by atoms with Crippen molar-refractivity contribution in [2.45, 2.75) is 20.8 Å². The molecular weight excluding hydrogens is 288 g/mol. The largest absolute Gasteiger partial charge is 0.278 e. The molecule has 5 heteroatoms. The van der Waals surface area contributed by atoms with Gasteiger partial charge in [-0.3, -0.25) is 9.89 Å². The summed E-state index contributed by atoms with van der Waals surface area (Å²) in [5.74, 6) is -0.0516. The highest BCUT2D eigenvalue weighted by molar-refractivity contribution is 5.91. The number of aromatic amines is 1. The monoisotopic (exact) mass is 306 g/mol. The van der Waals surface area contributed by atoms with E-state index in [1.807, 2.05) is 56.3 Å². The Hall–Kier alpha value is -2.95. The lowest BCUT2D eigenvalue weighted by Gasteiger charge is -1.94. The van der Waals surface area contributed by atoms with Crippen molar-refractivity contribution in [2.75, 3.05) is 0 Å². The summed E-state index contributed by atoms with van der Waals surface area (Å²) in [6.07, 6.45) is 0. The third-order valence-corrected chi connectivity index (χ3v) is 3.73. The number of benzene rings is 2. The molecule has 23 heavy (non-hydrogen) atoms. The lowest BCUT2D eigenvalue weighted by atomic mass is 10.2. The smallest absolute Gasteiger partial charge is 0.244 e. The molecule has 5 nitrogen and oxygen atoms in total. The van der Waals surface area contributed by atoms with Crippen LogP contribution in [-0.4, -0.2) is 25.9 Å². The topological polar surface area (TPSA) is 63.6 Å². The van der Waals surface area contributed by atoms with Crippen LogP contribution in [0.5, 0.6) is 0 Å². The van der Waals surface area contributed by atoms with Crippen LogP contribution in [0, 0.1) is 13.8 Å². The summed E-state index contributed by atoms with van der Waals surface area (Å²) in [6, 6.07) is 15.8. The Morgan fingerprint density at radius 3 is 2.30 bits per heavy atom. The van der Waals surface area contributed by atoms with Crippen molar-refractivity contribution >= 4 is 27.7 Å². The van der Waals surface area contributed by atoms with Gasteiger partial charge in [0.25, 0.3) is 0 Å². The summed E-state index contributed by atoms with van der Waals surface area (Å²) in [4.78, 5) is 11.2. The fourth-order valence-corrected chi connectivity index (χ4v) is 2.56. The van der Waals surface area contributed by atoms with Crippen LogP contribution >= 0.6 is 0 Å². The maximum atomic E-state index is 11.2. The first-order valence-electron chi connectivity index (χ1n) is 7.43. The molecule has 0 saturated heterocycles. The summed E-state index contributed by atoms with van der Waals surface area (Å²) in [6.45, 7) is 5.42. The van der Waals surface area contributed by atoms with E-state index in [4.69, 9.17) is 0 Å². The van der Waals surface area contributed by atoms with Crippen molar-refractivity contribution < 1.29 is 4.79 Å². The first kappa shape index (κ1) is 15.0. The number of hydrogen-bond acceptors (Lipinski definition) is 3. The molecule has 0 aliphatic carbocycles. The Labute approximate surface area is 133 Å². The highest BCUT2D eigenvalue weighted by Gasteiger charge is 2.08. The molecule has 0 unspecified atom stereocenters. The minimum absolute atomic E-state index is 0.0516. The third kappa shape index (κ3) is 2.85. The van der Waals surface area contributed by atoms with Crippen LogP contribution < -0.4 is 0 Å². The standard InChI is InChI=1S/C10H10N2O.C8H8N2/c1-7-9-5-3-4-6-10(9)12(11-7)8(2)13;1-6-7-4-2-3-5-8(7)10-9-6/h3-6H,1-2H3;2-5H,1H3,(H,9,10). The van der Waals surface area contributed by atoms with Gasteiger partial charge in [0.05, 0.1) is 22.4 Å². The first-order chi connectivity index (χ1) is 11.1. The fraction of sp³-hybridized carbons (Fsp3) is 0.167. The molecule has 0 amide bonds. The molecule has 0 fully saturated rings. The summed E-state index contributed by atoms with van der Waals surface area (Å²) < 4.78 is 1.44. The van der Waals surface area contributed by atoms with E-state index in [0.717, 1.165) is 27.8 Å². The second-order valence-corrected chi connectivity index (χ2v) is 5.39. The zero-order valence-corrected chi connectivity index (χ0v) is 13.4. The molecule has 0 bridgehead atoms. The summed E-state index contributed by atoms with van der Waals surface area (Å²) in [5.41, 5.74) is 3.95. The number of aryl methyl sites for hydroxylation is 2. The zero-order chi connectivity index (χ0) is 16.4. The number of carbonyl (C=O) groups is 1. The maximum absolute atomic E-state index is 11.2. The van der Waals surface area contributed by atoms with Crippen molar-refractivity contribution in [3.63, 3.8) is 0 Å². The molecule has 0 spiro atoms. The number of aromatic nitrogens is 4. The van der Waals surface area contributed by atoms with Crippen molar-refractivity contribution in [3.05, 3.63) is 59.9 Å². The van der Waals surface area contributed by atoms with Gasteiger partial charge in [0.2, 0.25) is 5.91 Å². The van der Waals surface area contributed by atoms with Crippen molar-refractivity contribution in [1.82, 2.24) is 20.0 Å². The van der Waals surface area contributed by atoms with E-state index in [1.54, 1.807) is 0 Å². The summed E-state index contributed by atoms with van der Waals surface area (Å²) >= 11 is 0. The number of para-hydroxylation sites is 2. The third-order valence-electron chi connectivity index (χ3n) is 3.73. The van der Waals surface area contributed by atoms with E-state index in [0.29, 0.717) is 0 Å². The highest BCUT2D eigenvalue weighted by atomic mass is 16.2. The van der Waals surface area contributed by atoms with Gasteiger partial charge >= 0.3 is 0 Å². The number of hydrogen-bond donors (Lipinski definition) is 1. The van der Waals surface area contributed by atoms with E-state index in [1.165, 1.54) is 17.0 Å². The molecule has 4 aromatic rings. The Morgan fingerprint density at radius 1 is 0.957 bits per heavy atom. The number of rotatable bonds is 0. The predicted octanol–water partition coefficient (Wildman–Crippen LogP) is 3.88. The van der Waals surface area contributed by atoms with E-state index < -0.39 is 0 Å². The number of nitrogens with one attached hydrogen (secondary N) is 1. The van der Waals surface area contributed by atoms with Gasteiger partial charge in [-0.1, -0.05) is 36.4 Å². The summed E-state index contributed by atoms with van der Waals surface area (Å²) in [7, 11) is 0. The molecular formula is C18H18N4O. The maximum Gasteiger partial charge on any atom is 0.244 e. The van der Waals surface area contributed by atoms with Crippen LogP contribution in [0.2, 0.25) is 0 Å². The van der Waals surface area contributed by atoms with E-state index in [-0.39, 0.29) is 5.91 Å². The minimum atomic E-state index is -0.0516. The molecule has 0 aliphatic heterocycles. The van der Waals surface area contributed by atoms with Crippen LogP contribution in [0.4, 0.5) is 0 Å². The number of H-pyrrole nitrogens is 1. The van der Waals surface area contributed by atoms with Crippen LogP contribution in [0.15, 0.2) is 48.5 Å². The number of carbonyl (C=O) groups excluding carboxylic acids is 1. The van der Waals surface area contributed by atoms with Gasteiger partial charge in [0.15, 0.2) is 0 Å². The quantitative estimate of drug-likeness (QED) is 0.536. The Kier molecular flexibility index (Phi) is 3.93. The van der Waals surface area contributed by atoms with Crippen molar-refractivity contribution in [2.24, 2.45) is 0 Å². The van der Waals surface area contributed by atoms with Crippen LogP contribution in [0.25, 0.3) is 21.8 Å². The molecule has 2 heterocycles. The molecule has 116 valence electrons. The number of nitrogens with zero attached hydrogens (tertiary/aromatic N) is 3. The second-order valence-electron chi connectivity index (χ2n) is 5.39. The average molecular weight is 306 g/mol. The van der Waals surface area contributed by atoms with Crippen molar-refractivity contribution in [3.8, 4) is 0 Å². The summed E-state index contributed by atoms with van der Waals surface area (Å²) in [5, 5.41) is 13.4. The van der Waals surface area contributed by atoms with Gasteiger partial charge in [0, 0.05) is 17.7 Å².